The zero-order valence-corrected chi connectivity index (χ0v) is 7.98. The minimum absolute atomic E-state index is 0.224. The maximum absolute atomic E-state index is 13.0. The van der Waals surface area contributed by atoms with Crippen molar-refractivity contribution in [2.75, 3.05) is 5.73 Å². The number of hydrogen-bond donors (Lipinski definition) is 1. The van der Waals surface area contributed by atoms with Crippen LogP contribution in [-0.4, -0.2) is 4.98 Å². The largest absolute Gasteiger partial charge is 0.395 e. The summed E-state index contributed by atoms with van der Waals surface area (Å²) >= 11 is 3.01. The number of rotatable bonds is 2. The lowest BCUT2D eigenvalue weighted by Gasteiger charge is -2.06. The molecular weight excluding hydrogens is 249 g/mol. The summed E-state index contributed by atoms with van der Waals surface area (Å²) in [6.07, 6.45) is -2.09. The maximum atomic E-state index is 13.0. The number of nitrogens with two attached hydrogens (primary N) is 1. The van der Waals surface area contributed by atoms with Crippen molar-refractivity contribution in [3.63, 3.8) is 0 Å². The smallest absolute Gasteiger partial charge is 0.268 e. The molecule has 1 rings (SSSR count). The van der Waals surface area contributed by atoms with Crippen molar-refractivity contribution in [3.05, 3.63) is 23.3 Å². The second-order valence-electron chi connectivity index (χ2n) is 2.32. The van der Waals surface area contributed by atoms with E-state index in [1.807, 2.05) is 0 Å². The Balaban J connectivity index is 3.23. The average Bonchev–Trinajstić information content (AvgIpc) is 2.09. The Kier molecular flexibility index (Phi) is 3.13. The predicted octanol–water partition coefficient (Wildman–Crippen LogP) is 2.64. The molecule has 13 heavy (non-hydrogen) atoms. The highest BCUT2D eigenvalue weighted by molar-refractivity contribution is 9.08. The normalized spacial score (nSPS) is 10.8. The molecule has 6 heteroatoms. The number of nitrogens with zero attached hydrogens (tertiary/aromatic N) is 1. The Hall–Kier alpha value is -0.780. The van der Waals surface area contributed by atoms with Gasteiger partial charge in [0.1, 0.15) is 0 Å². The first-order chi connectivity index (χ1) is 6.07. The van der Waals surface area contributed by atoms with Crippen LogP contribution in [0.3, 0.4) is 0 Å². The molecule has 0 aliphatic heterocycles. The summed E-state index contributed by atoms with van der Waals surface area (Å²) in [4.78, 5) is 3.59. The van der Waals surface area contributed by atoms with E-state index in [0.717, 1.165) is 6.20 Å². The number of alkyl halides is 3. The maximum Gasteiger partial charge on any atom is 0.268 e. The van der Waals surface area contributed by atoms with E-state index in [0.29, 0.717) is 0 Å². The Bertz CT molecular complexity index is 317. The summed E-state index contributed by atoms with van der Waals surface area (Å²) in [5.41, 5.74) is 4.37. The highest BCUT2D eigenvalue weighted by Crippen LogP contribution is 2.26. The Morgan fingerprint density at radius 3 is 2.62 bits per heavy atom. The molecule has 2 N–H and O–H groups in total. The van der Waals surface area contributed by atoms with Crippen LogP contribution in [-0.2, 0) is 5.33 Å². The predicted molar refractivity (Wildman–Crippen MR) is 46.2 cm³/mol. The van der Waals surface area contributed by atoms with E-state index in [9.17, 15) is 13.2 Å². The highest BCUT2D eigenvalue weighted by Gasteiger charge is 2.18. The van der Waals surface area contributed by atoms with E-state index in [1.54, 1.807) is 0 Å². The summed E-state index contributed by atoms with van der Waals surface area (Å²) in [5.74, 6) is -1.08. The fourth-order valence-electron chi connectivity index (χ4n) is 0.814. The van der Waals surface area contributed by atoms with Crippen LogP contribution in [0.15, 0.2) is 6.20 Å². The molecule has 0 radical (unpaired) electrons. The van der Waals surface area contributed by atoms with E-state index in [2.05, 4.69) is 20.9 Å². The Labute approximate surface area is 81.1 Å². The van der Waals surface area contributed by atoms with Gasteiger partial charge in [0.25, 0.3) is 6.43 Å². The third-order valence-corrected chi connectivity index (χ3v) is 2.05. The number of halogens is 4. The van der Waals surface area contributed by atoms with Gasteiger partial charge < -0.3 is 5.73 Å². The lowest BCUT2D eigenvalue weighted by atomic mass is 10.2. The van der Waals surface area contributed by atoms with E-state index < -0.39 is 17.8 Å². The molecule has 0 spiro atoms. The van der Waals surface area contributed by atoms with Crippen molar-refractivity contribution >= 4 is 21.6 Å². The van der Waals surface area contributed by atoms with Crippen LogP contribution < -0.4 is 5.73 Å². The van der Waals surface area contributed by atoms with Gasteiger partial charge in [-0.2, -0.15) is 0 Å². The van der Waals surface area contributed by atoms with Crippen molar-refractivity contribution in [2.45, 2.75) is 11.8 Å². The van der Waals surface area contributed by atoms with Crippen molar-refractivity contribution in [3.8, 4) is 0 Å². The lowest BCUT2D eigenvalue weighted by Crippen LogP contribution is -2.03. The zero-order chi connectivity index (χ0) is 10.0. The lowest BCUT2D eigenvalue weighted by molar-refractivity contribution is 0.146. The van der Waals surface area contributed by atoms with Gasteiger partial charge in [0.05, 0.1) is 16.9 Å². The third kappa shape index (κ3) is 1.93. The van der Waals surface area contributed by atoms with Gasteiger partial charge >= 0.3 is 0 Å². The summed E-state index contributed by atoms with van der Waals surface area (Å²) in [5, 5.41) is 0.235. The quantitative estimate of drug-likeness (QED) is 0.825. The van der Waals surface area contributed by atoms with Crippen LogP contribution in [0.2, 0.25) is 0 Å². The minimum Gasteiger partial charge on any atom is -0.395 e. The van der Waals surface area contributed by atoms with Gasteiger partial charge in [0.15, 0.2) is 5.82 Å². The summed E-state index contributed by atoms with van der Waals surface area (Å²) < 4.78 is 37.2. The first kappa shape index (κ1) is 10.3. The van der Waals surface area contributed by atoms with E-state index in [4.69, 9.17) is 5.73 Å². The molecule has 2 nitrogen and oxygen atoms in total. The molecular formula is C7H6BrF3N2. The standard InChI is InChI=1S/C7H6BrF3N2/c8-1-4-6(12)5(9)3(2-13-4)7(10)11/h2,7H,1,12H2. The van der Waals surface area contributed by atoms with Crippen LogP contribution in [0.4, 0.5) is 18.9 Å². The highest BCUT2D eigenvalue weighted by atomic mass is 79.9. The van der Waals surface area contributed by atoms with E-state index in [1.165, 1.54) is 0 Å². The van der Waals surface area contributed by atoms with Gasteiger partial charge in [-0.25, -0.2) is 13.2 Å². The average molecular weight is 255 g/mol. The molecule has 0 aliphatic carbocycles. The monoisotopic (exact) mass is 254 g/mol. The second kappa shape index (κ2) is 3.95. The third-order valence-electron chi connectivity index (χ3n) is 1.52. The molecule has 0 aliphatic rings. The zero-order valence-electron chi connectivity index (χ0n) is 6.40. The molecule has 0 saturated carbocycles. The van der Waals surface area contributed by atoms with Gasteiger partial charge in [0, 0.05) is 11.5 Å². The fourth-order valence-corrected chi connectivity index (χ4v) is 1.26. The SMILES string of the molecule is Nc1c(CBr)ncc(C(F)F)c1F. The number of nitrogen functional groups attached to an aromatic ring is 1. The number of anilines is 1. The molecule has 0 unspecified atom stereocenters. The molecule has 72 valence electrons. The number of aromatic nitrogens is 1. The molecule has 1 aromatic heterocycles. The van der Waals surface area contributed by atoms with Gasteiger partial charge in [-0.1, -0.05) is 15.9 Å². The summed E-state index contributed by atoms with van der Waals surface area (Å²) in [7, 11) is 0. The second-order valence-corrected chi connectivity index (χ2v) is 2.88. The fraction of sp³-hybridized carbons (Fsp3) is 0.286. The minimum atomic E-state index is -2.89. The summed E-state index contributed by atoms with van der Waals surface area (Å²) in [6.45, 7) is 0. The Morgan fingerprint density at radius 2 is 2.15 bits per heavy atom. The van der Waals surface area contributed by atoms with Crippen molar-refractivity contribution < 1.29 is 13.2 Å². The topological polar surface area (TPSA) is 38.9 Å². The van der Waals surface area contributed by atoms with Crippen molar-refractivity contribution in [2.24, 2.45) is 0 Å². The Morgan fingerprint density at radius 1 is 1.54 bits per heavy atom. The van der Waals surface area contributed by atoms with Crippen LogP contribution in [0, 0.1) is 5.82 Å². The molecule has 0 saturated heterocycles. The molecule has 0 aromatic carbocycles. The molecule has 0 fully saturated rings. The van der Waals surface area contributed by atoms with Gasteiger partial charge in [0.2, 0.25) is 0 Å². The van der Waals surface area contributed by atoms with Crippen LogP contribution in [0.25, 0.3) is 0 Å². The van der Waals surface area contributed by atoms with Gasteiger partial charge in [-0.15, -0.1) is 0 Å². The van der Waals surface area contributed by atoms with Crippen LogP contribution in [0.1, 0.15) is 17.7 Å². The first-order valence-corrected chi connectivity index (χ1v) is 4.47. The number of hydrogen-bond acceptors (Lipinski definition) is 2. The van der Waals surface area contributed by atoms with Crippen molar-refractivity contribution in [1.82, 2.24) is 4.98 Å². The van der Waals surface area contributed by atoms with Crippen molar-refractivity contribution in [1.29, 1.82) is 0 Å². The van der Waals surface area contributed by atoms with Gasteiger partial charge in [-0.05, 0) is 0 Å². The van der Waals surface area contributed by atoms with E-state index in [-0.39, 0.29) is 16.7 Å². The molecule has 0 bridgehead atoms. The van der Waals surface area contributed by atoms with Crippen LogP contribution in [0.5, 0.6) is 0 Å². The molecule has 1 heterocycles. The molecule has 0 amide bonds. The molecule has 1 aromatic rings. The summed E-state index contributed by atoms with van der Waals surface area (Å²) in [6, 6.07) is 0. The first-order valence-electron chi connectivity index (χ1n) is 3.34. The van der Waals surface area contributed by atoms with Crippen LogP contribution >= 0.6 is 15.9 Å². The molecule has 0 atom stereocenters. The van der Waals surface area contributed by atoms with Gasteiger partial charge in [-0.3, -0.25) is 4.98 Å². The van der Waals surface area contributed by atoms with E-state index >= 15 is 0 Å². The number of pyridine rings is 1.